The van der Waals surface area contributed by atoms with Crippen LogP contribution in [0.15, 0.2) is 0 Å². The Balaban J connectivity index is 3.35. The van der Waals surface area contributed by atoms with Crippen LogP contribution in [-0.2, 0) is 8.87 Å². The molecular weight excluding hydrogens is 216 g/mol. The molecule has 0 aliphatic carbocycles. The van der Waals surface area contributed by atoms with Crippen molar-refractivity contribution in [1.29, 1.82) is 0 Å². The van der Waals surface area contributed by atoms with Crippen molar-refractivity contribution in [3.05, 3.63) is 0 Å². The molecule has 0 bridgehead atoms. The van der Waals surface area contributed by atoms with Crippen molar-refractivity contribution in [2.24, 2.45) is 0 Å². The van der Waals surface area contributed by atoms with Gasteiger partial charge in [0.15, 0.2) is 0 Å². The monoisotopic (exact) mass is 238 g/mol. The average molecular weight is 238 g/mol. The Bertz CT molecular complexity index is 210. The van der Waals surface area contributed by atoms with Crippen molar-refractivity contribution in [3.8, 4) is 0 Å². The molecule has 0 amide bonds. The molecule has 0 atom stereocenters. The summed E-state index contributed by atoms with van der Waals surface area (Å²) in [6.07, 6.45) is 6.83. The fraction of sp³-hybridized carbons (Fsp3) is 1.00. The molecule has 0 aliphatic heterocycles. The van der Waals surface area contributed by atoms with Gasteiger partial charge >= 0.3 is 0 Å². The van der Waals surface area contributed by atoms with Gasteiger partial charge in [-0.15, -0.1) is 0 Å². The topological polar surface area (TPSA) is 34.1 Å². The van der Waals surface area contributed by atoms with Crippen LogP contribution in [0.25, 0.3) is 0 Å². The maximum absolute atomic E-state index is 11.3. The van der Waals surface area contributed by atoms with E-state index in [1.165, 1.54) is 25.7 Å². The Morgan fingerprint density at radius 1 is 0.929 bits per heavy atom. The van der Waals surface area contributed by atoms with E-state index in [0.29, 0.717) is 11.5 Å². The zero-order chi connectivity index (χ0) is 10.9. The molecule has 14 heavy (non-hydrogen) atoms. The zero-order valence-corrected chi connectivity index (χ0v) is 10.9. The van der Waals surface area contributed by atoms with Crippen LogP contribution in [0.3, 0.4) is 0 Å². The minimum Gasteiger partial charge on any atom is -0.217 e. The van der Waals surface area contributed by atoms with Gasteiger partial charge in [0.25, 0.3) is 0 Å². The van der Waals surface area contributed by atoms with Crippen LogP contribution in [-0.4, -0.2) is 19.9 Å². The van der Waals surface area contributed by atoms with Crippen molar-refractivity contribution < 1.29 is 8.42 Å². The lowest BCUT2D eigenvalue weighted by atomic mass is 10.1. The fourth-order valence-corrected chi connectivity index (χ4v) is 4.12. The van der Waals surface area contributed by atoms with Crippen molar-refractivity contribution >= 4 is 19.7 Å². The number of hydrogen-bond acceptors (Lipinski definition) is 3. The summed E-state index contributed by atoms with van der Waals surface area (Å²) in [5.41, 5.74) is 0. The highest BCUT2D eigenvalue weighted by Crippen LogP contribution is 2.15. The molecule has 0 N–H and O–H groups in total. The van der Waals surface area contributed by atoms with Gasteiger partial charge in [-0.05, 0) is 17.2 Å². The third-order valence-corrected chi connectivity index (χ3v) is 5.71. The molecule has 0 saturated heterocycles. The number of hydrogen-bond donors (Lipinski definition) is 0. The van der Waals surface area contributed by atoms with E-state index in [1.807, 2.05) is 6.92 Å². The molecule has 2 nitrogen and oxygen atoms in total. The van der Waals surface area contributed by atoms with Gasteiger partial charge in [0.05, 0.1) is 5.75 Å². The first kappa shape index (κ1) is 14.3. The molecule has 0 saturated carbocycles. The second-order valence-electron chi connectivity index (χ2n) is 3.44. The molecule has 0 spiro atoms. The molecule has 0 unspecified atom stereocenters. The normalized spacial score (nSPS) is 11.9. The van der Waals surface area contributed by atoms with Crippen molar-refractivity contribution in [3.63, 3.8) is 0 Å². The van der Waals surface area contributed by atoms with Gasteiger partial charge in [0.1, 0.15) is 0 Å². The van der Waals surface area contributed by atoms with Crippen LogP contribution in [0.4, 0.5) is 0 Å². The minimum absolute atomic E-state index is 0.359. The Labute approximate surface area is 92.2 Å². The summed E-state index contributed by atoms with van der Waals surface area (Å²) in [6.45, 7) is 4.06. The number of unbranched alkanes of at least 4 members (excludes halogenated alkanes) is 5. The predicted molar refractivity (Wildman–Crippen MR) is 65.3 cm³/mol. The fourth-order valence-electron chi connectivity index (χ4n) is 1.30. The van der Waals surface area contributed by atoms with Crippen LogP contribution >= 0.6 is 10.8 Å². The van der Waals surface area contributed by atoms with Crippen LogP contribution in [0, 0.1) is 0 Å². The van der Waals surface area contributed by atoms with Gasteiger partial charge in [0.2, 0.25) is 8.87 Å². The van der Waals surface area contributed by atoms with Crippen molar-refractivity contribution in [2.45, 2.75) is 52.4 Å². The van der Waals surface area contributed by atoms with Crippen LogP contribution < -0.4 is 0 Å². The maximum atomic E-state index is 11.3. The predicted octanol–water partition coefficient (Wildman–Crippen LogP) is 3.43. The van der Waals surface area contributed by atoms with E-state index in [-0.39, 0.29) is 0 Å². The van der Waals surface area contributed by atoms with E-state index < -0.39 is 8.87 Å². The van der Waals surface area contributed by atoms with Crippen molar-refractivity contribution in [1.82, 2.24) is 0 Å². The summed E-state index contributed by atoms with van der Waals surface area (Å²) in [5, 5.41) is 0. The lowest BCUT2D eigenvalue weighted by Gasteiger charge is -2.01. The van der Waals surface area contributed by atoms with E-state index in [0.717, 1.165) is 23.6 Å². The van der Waals surface area contributed by atoms with Crippen LogP contribution in [0.5, 0.6) is 0 Å². The smallest absolute Gasteiger partial charge is 0.201 e. The SMILES string of the molecule is CCCCCCCCS(=O)(=O)SCC. The molecule has 0 radical (unpaired) electrons. The lowest BCUT2D eigenvalue weighted by molar-refractivity contribution is 0.595. The second-order valence-corrected chi connectivity index (χ2v) is 8.00. The Kier molecular flexibility index (Phi) is 8.78. The van der Waals surface area contributed by atoms with Gasteiger partial charge < -0.3 is 0 Å². The summed E-state index contributed by atoms with van der Waals surface area (Å²) in [4.78, 5) is 0. The van der Waals surface area contributed by atoms with E-state index in [2.05, 4.69) is 6.92 Å². The average Bonchev–Trinajstić information content (AvgIpc) is 2.11. The van der Waals surface area contributed by atoms with Gasteiger partial charge in [-0.3, -0.25) is 0 Å². The Hall–Kier alpha value is 0.300. The van der Waals surface area contributed by atoms with Crippen LogP contribution in [0.1, 0.15) is 52.4 Å². The summed E-state index contributed by atoms with van der Waals surface area (Å²) in [7, 11) is -1.73. The van der Waals surface area contributed by atoms with E-state index >= 15 is 0 Å². The highest BCUT2D eigenvalue weighted by Gasteiger charge is 2.08. The van der Waals surface area contributed by atoms with E-state index in [1.54, 1.807) is 0 Å². The first-order chi connectivity index (χ1) is 6.62. The Morgan fingerprint density at radius 3 is 2.07 bits per heavy atom. The molecule has 0 aliphatic rings. The molecule has 0 fully saturated rings. The maximum Gasteiger partial charge on any atom is 0.201 e. The molecule has 0 aromatic carbocycles. The van der Waals surface area contributed by atoms with Gasteiger partial charge in [0, 0.05) is 5.75 Å². The van der Waals surface area contributed by atoms with Gasteiger partial charge in [-0.1, -0.05) is 46.0 Å². The molecule has 0 aromatic heterocycles. The summed E-state index contributed by atoms with van der Waals surface area (Å²) in [6, 6.07) is 0. The lowest BCUT2D eigenvalue weighted by Crippen LogP contribution is -2.01. The highest BCUT2D eigenvalue weighted by molar-refractivity contribution is 8.72. The van der Waals surface area contributed by atoms with E-state index in [4.69, 9.17) is 0 Å². The van der Waals surface area contributed by atoms with Gasteiger partial charge in [-0.2, -0.15) is 0 Å². The Morgan fingerprint density at radius 2 is 1.50 bits per heavy atom. The summed E-state index contributed by atoms with van der Waals surface area (Å²) >= 11 is 0. The second kappa shape index (κ2) is 8.60. The first-order valence-corrected chi connectivity index (χ1v) is 8.65. The number of rotatable bonds is 9. The minimum atomic E-state index is -2.81. The molecule has 0 rings (SSSR count). The largest absolute Gasteiger partial charge is 0.217 e. The third-order valence-electron chi connectivity index (χ3n) is 2.05. The molecule has 0 heterocycles. The van der Waals surface area contributed by atoms with Crippen molar-refractivity contribution in [2.75, 3.05) is 11.5 Å². The molecule has 86 valence electrons. The molecular formula is C10H22O2S2. The molecule has 0 aromatic rings. The first-order valence-electron chi connectivity index (χ1n) is 5.49. The quantitative estimate of drug-likeness (QED) is 0.456. The van der Waals surface area contributed by atoms with Gasteiger partial charge in [-0.25, -0.2) is 8.42 Å². The highest BCUT2D eigenvalue weighted by atomic mass is 33.1. The molecule has 4 heteroatoms. The summed E-state index contributed by atoms with van der Waals surface area (Å²) in [5.74, 6) is 1.02. The zero-order valence-electron chi connectivity index (χ0n) is 9.29. The van der Waals surface area contributed by atoms with Crippen LogP contribution in [0.2, 0.25) is 0 Å². The standard InChI is InChI=1S/C10H22O2S2/c1-3-5-6-7-8-9-10-14(11,12)13-4-2/h3-10H2,1-2H3. The third kappa shape index (κ3) is 8.88. The summed E-state index contributed by atoms with van der Waals surface area (Å²) < 4.78 is 22.6. The van der Waals surface area contributed by atoms with E-state index in [9.17, 15) is 8.42 Å².